The van der Waals surface area contributed by atoms with Crippen LogP contribution in [-0.2, 0) is 4.74 Å². The first-order valence-corrected chi connectivity index (χ1v) is 11.6. The summed E-state index contributed by atoms with van der Waals surface area (Å²) in [6.07, 6.45) is 1.98. The standard InChI is InChI=1S/C23H31N5O2S/c1-15-5-7-17(8-6-15)19-21(24-11-14-30-4)28-16(2)20(31-23(28)26-19)22(29)25-18-9-12-27(3)13-10-18/h5-8,18,24H,9-14H2,1-4H3,(H,25,29). The van der Waals surface area contributed by atoms with Crippen LogP contribution in [0.4, 0.5) is 5.82 Å². The van der Waals surface area contributed by atoms with Crippen LogP contribution in [0.2, 0.25) is 0 Å². The molecule has 2 N–H and O–H groups in total. The first-order valence-electron chi connectivity index (χ1n) is 10.8. The van der Waals surface area contributed by atoms with Gasteiger partial charge in [0.1, 0.15) is 16.4 Å². The highest BCUT2D eigenvalue weighted by Crippen LogP contribution is 2.34. The maximum Gasteiger partial charge on any atom is 0.263 e. The number of hydrogen-bond donors (Lipinski definition) is 2. The van der Waals surface area contributed by atoms with Gasteiger partial charge in [0.25, 0.3) is 5.91 Å². The van der Waals surface area contributed by atoms with E-state index >= 15 is 0 Å². The monoisotopic (exact) mass is 441 g/mol. The Bertz CT molecular complexity index is 1050. The van der Waals surface area contributed by atoms with Gasteiger partial charge >= 0.3 is 0 Å². The number of hydrogen-bond acceptors (Lipinski definition) is 6. The van der Waals surface area contributed by atoms with Crippen LogP contribution in [0.15, 0.2) is 24.3 Å². The average Bonchev–Trinajstić information content (AvgIpc) is 3.27. The molecule has 0 bridgehead atoms. The molecule has 1 aliphatic heterocycles. The van der Waals surface area contributed by atoms with Gasteiger partial charge in [0, 0.05) is 31.0 Å². The highest BCUT2D eigenvalue weighted by Gasteiger charge is 2.25. The van der Waals surface area contributed by atoms with Crippen molar-refractivity contribution in [3.05, 3.63) is 40.4 Å². The number of aryl methyl sites for hydroxylation is 2. The van der Waals surface area contributed by atoms with E-state index in [2.05, 4.69) is 58.2 Å². The molecule has 3 aromatic rings. The molecule has 0 saturated carbocycles. The van der Waals surface area contributed by atoms with Gasteiger partial charge in [-0.1, -0.05) is 41.2 Å². The lowest BCUT2D eigenvalue weighted by atomic mass is 10.1. The van der Waals surface area contributed by atoms with Crippen LogP contribution in [0, 0.1) is 13.8 Å². The van der Waals surface area contributed by atoms with Crippen molar-refractivity contribution >= 4 is 28.0 Å². The molecule has 0 atom stereocenters. The van der Waals surface area contributed by atoms with E-state index in [-0.39, 0.29) is 11.9 Å². The van der Waals surface area contributed by atoms with Crippen molar-refractivity contribution in [3.8, 4) is 11.3 Å². The number of rotatable bonds is 7. The number of likely N-dealkylation sites (tertiary alicyclic amines) is 1. The van der Waals surface area contributed by atoms with E-state index in [1.54, 1.807) is 7.11 Å². The molecular weight excluding hydrogens is 410 g/mol. The SMILES string of the molecule is COCCNc1c(-c2ccc(C)cc2)nc2sc(C(=O)NC3CCN(C)CC3)c(C)n12. The maximum absolute atomic E-state index is 13.1. The molecule has 0 radical (unpaired) electrons. The minimum absolute atomic E-state index is 0.00211. The van der Waals surface area contributed by atoms with Crippen LogP contribution in [-0.4, -0.2) is 66.6 Å². The molecular formula is C23H31N5O2S. The molecule has 1 fully saturated rings. The number of amides is 1. The molecule has 1 aromatic carbocycles. The minimum Gasteiger partial charge on any atom is -0.383 e. The van der Waals surface area contributed by atoms with E-state index < -0.39 is 0 Å². The number of ether oxygens (including phenoxy) is 1. The second-order valence-electron chi connectivity index (χ2n) is 8.28. The Kier molecular flexibility index (Phi) is 6.60. The molecule has 31 heavy (non-hydrogen) atoms. The normalized spacial score (nSPS) is 15.5. The molecule has 2 aromatic heterocycles. The molecule has 1 amide bonds. The average molecular weight is 442 g/mol. The van der Waals surface area contributed by atoms with Gasteiger partial charge in [-0.15, -0.1) is 0 Å². The van der Waals surface area contributed by atoms with Gasteiger partial charge in [-0.05, 0) is 46.8 Å². The lowest BCUT2D eigenvalue weighted by Gasteiger charge is -2.29. The second kappa shape index (κ2) is 9.38. The van der Waals surface area contributed by atoms with Gasteiger partial charge in [-0.3, -0.25) is 9.20 Å². The molecule has 0 unspecified atom stereocenters. The highest BCUT2D eigenvalue weighted by atomic mass is 32.1. The van der Waals surface area contributed by atoms with Crippen molar-refractivity contribution in [2.45, 2.75) is 32.7 Å². The van der Waals surface area contributed by atoms with E-state index in [4.69, 9.17) is 9.72 Å². The zero-order chi connectivity index (χ0) is 22.0. The van der Waals surface area contributed by atoms with E-state index in [1.807, 2.05) is 6.92 Å². The first-order chi connectivity index (χ1) is 15.0. The van der Waals surface area contributed by atoms with Gasteiger partial charge in [0.15, 0.2) is 4.96 Å². The molecule has 3 heterocycles. The van der Waals surface area contributed by atoms with Gasteiger partial charge in [0.2, 0.25) is 0 Å². The van der Waals surface area contributed by atoms with Gasteiger partial charge in [0.05, 0.1) is 6.61 Å². The molecule has 7 nitrogen and oxygen atoms in total. The number of thiazole rings is 1. The Balaban J connectivity index is 1.66. The fourth-order valence-corrected chi connectivity index (χ4v) is 5.04. The van der Waals surface area contributed by atoms with E-state index in [0.717, 1.165) is 58.5 Å². The van der Waals surface area contributed by atoms with Gasteiger partial charge < -0.3 is 20.3 Å². The Morgan fingerprint density at radius 1 is 1.23 bits per heavy atom. The summed E-state index contributed by atoms with van der Waals surface area (Å²) >= 11 is 1.45. The zero-order valence-corrected chi connectivity index (χ0v) is 19.5. The van der Waals surface area contributed by atoms with Crippen LogP contribution >= 0.6 is 11.3 Å². The van der Waals surface area contributed by atoms with E-state index in [0.29, 0.717) is 13.2 Å². The number of piperidine rings is 1. The highest BCUT2D eigenvalue weighted by molar-refractivity contribution is 7.19. The minimum atomic E-state index is 0.00211. The fourth-order valence-electron chi connectivity index (χ4n) is 4.01. The fraction of sp³-hybridized carbons (Fsp3) is 0.478. The largest absolute Gasteiger partial charge is 0.383 e. The second-order valence-corrected chi connectivity index (χ2v) is 9.26. The number of nitrogens with one attached hydrogen (secondary N) is 2. The quantitative estimate of drug-likeness (QED) is 0.549. The Morgan fingerprint density at radius 3 is 2.61 bits per heavy atom. The van der Waals surface area contributed by atoms with Crippen LogP contribution in [0.1, 0.15) is 33.8 Å². The Labute approximate surface area is 187 Å². The summed E-state index contributed by atoms with van der Waals surface area (Å²) < 4.78 is 7.29. The topological polar surface area (TPSA) is 70.9 Å². The molecule has 166 valence electrons. The number of benzene rings is 1. The lowest BCUT2D eigenvalue weighted by Crippen LogP contribution is -2.43. The van der Waals surface area contributed by atoms with Crippen molar-refractivity contribution in [1.29, 1.82) is 0 Å². The summed E-state index contributed by atoms with van der Waals surface area (Å²) in [7, 11) is 3.82. The third kappa shape index (κ3) is 4.61. The van der Waals surface area contributed by atoms with Crippen LogP contribution in [0.3, 0.4) is 0 Å². The summed E-state index contributed by atoms with van der Waals surface area (Å²) in [5, 5.41) is 6.71. The summed E-state index contributed by atoms with van der Waals surface area (Å²) in [6, 6.07) is 8.60. The number of carbonyl (C=O) groups is 1. The molecule has 0 spiro atoms. The summed E-state index contributed by atoms with van der Waals surface area (Å²) in [5.74, 6) is 0.908. The Hall–Kier alpha value is -2.42. The first kappa shape index (κ1) is 21.8. The number of methoxy groups -OCH3 is 1. The molecule has 1 saturated heterocycles. The van der Waals surface area contributed by atoms with Gasteiger partial charge in [-0.25, -0.2) is 4.98 Å². The van der Waals surface area contributed by atoms with Crippen LogP contribution in [0.5, 0.6) is 0 Å². The molecule has 0 aliphatic carbocycles. The van der Waals surface area contributed by atoms with Crippen molar-refractivity contribution in [3.63, 3.8) is 0 Å². The number of carbonyl (C=O) groups excluding carboxylic acids is 1. The van der Waals surface area contributed by atoms with E-state index in [1.165, 1.54) is 16.9 Å². The summed E-state index contributed by atoms with van der Waals surface area (Å²) in [5.41, 5.74) is 4.07. The summed E-state index contributed by atoms with van der Waals surface area (Å²) in [4.78, 5) is 21.8. The number of aromatic nitrogens is 2. The lowest BCUT2D eigenvalue weighted by molar-refractivity contribution is 0.0920. The van der Waals surface area contributed by atoms with Crippen molar-refractivity contribution in [2.24, 2.45) is 0 Å². The maximum atomic E-state index is 13.1. The molecule has 1 aliphatic rings. The number of nitrogens with zero attached hydrogens (tertiary/aromatic N) is 3. The van der Waals surface area contributed by atoms with Crippen LogP contribution in [0.25, 0.3) is 16.2 Å². The van der Waals surface area contributed by atoms with Crippen molar-refractivity contribution in [1.82, 2.24) is 19.6 Å². The van der Waals surface area contributed by atoms with Crippen molar-refractivity contribution < 1.29 is 9.53 Å². The smallest absolute Gasteiger partial charge is 0.263 e. The Morgan fingerprint density at radius 2 is 1.94 bits per heavy atom. The van der Waals surface area contributed by atoms with Gasteiger partial charge in [-0.2, -0.15) is 0 Å². The number of fused-ring (bicyclic) bond motifs is 1. The third-order valence-electron chi connectivity index (χ3n) is 5.89. The van der Waals surface area contributed by atoms with E-state index in [9.17, 15) is 4.79 Å². The van der Waals surface area contributed by atoms with Crippen molar-refractivity contribution in [2.75, 3.05) is 45.7 Å². The summed E-state index contributed by atoms with van der Waals surface area (Å²) in [6.45, 7) is 7.36. The number of imidazole rings is 1. The zero-order valence-electron chi connectivity index (χ0n) is 18.7. The molecule has 8 heteroatoms. The predicted octanol–water partition coefficient (Wildman–Crippen LogP) is 3.56. The predicted molar refractivity (Wildman–Crippen MR) is 126 cm³/mol. The number of anilines is 1. The molecule has 4 rings (SSSR count). The third-order valence-corrected chi connectivity index (χ3v) is 7.03. The van der Waals surface area contributed by atoms with Crippen LogP contribution < -0.4 is 10.6 Å².